The highest BCUT2D eigenvalue weighted by Crippen LogP contribution is 2.33. The number of halogens is 5. The molecule has 3 aromatic rings. The molecule has 0 aliphatic heterocycles. The first-order chi connectivity index (χ1) is 12.3. The van der Waals surface area contributed by atoms with Gasteiger partial charge in [-0.15, -0.1) is 0 Å². The van der Waals surface area contributed by atoms with Crippen molar-refractivity contribution in [2.24, 2.45) is 0 Å². The van der Waals surface area contributed by atoms with Crippen LogP contribution in [0, 0.1) is 11.6 Å². The first-order valence-electron chi connectivity index (χ1n) is 7.08. The molecule has 0 unspecified atom stereocenters. The zero-order valence-corrected chi connectivity index (χ0v) is 12.8. The van der Waals surface area contributed by atoms with Crippen molar-refractivity contribution in [3.05, 3.63) is 71.8 Å². The largest absolute Gasteiger partial charge is 0.416 e. The summed E-state index contributed by atoms with van der Waals surface area (Å²) in [4.78, 5) is 15.9. The third-order valence-electron chi connectivity index (χ3n) is 3.42. The molecule has 134 valence electrons. The number of rotatable bonds is 3. The van der Waals surface area contributed by atoms with E-state index in [4.69, 9.17) is 0 Å². The summed E-state index contributed by atoms with van der Waals surface area (Å²) in [7, 11) is 0. The number of hydrogen-bond acceptors (Lipinski definition) is 3. The van der Waals surface area contributed by atoms with Crippen LogP contribution in [0.2, 0.25) is 0 Å². The highest BCUT2D eigenvalue weighted by Gasteiger charge is 2.31. The third kappa shape index (κ3) is 3.53. The zero-order valence-electron chi connectivity index (χ0n) is 12.8. The molecule has 1 heterocycles. The molecule has 1 amide bonds. The van der Waals surface area contributed by atoms with Crippen LogP contribution in [0.4, 0.5) is 27.6 Å². The Bertz CT molecular complexity index is 954. The molecule has 0 bridgehead atoms. The van der Waals surface area contributed by atoms with Crippen molar-refractivity contribution in [1.29, 1.82) is 0 Å². The molecular formula is C16H9F5N4O. The predicted octanol–water partition coefficient (Wildman–Crippen LogP) is 3.82. The van der Waals surface area contributed by atoms with Gasteiger partial charge in [-0.05, 0) is 36.4 Å². The highest BCUT2D eigenvalue weighted by atomic mass is 19.4. The lowest BCUT2D eigenvalue weighted by Gasteiger charge is -2.14. The smallest absolute Gasteiger partial charge is 0.320 e. The summed E-state index contributed by atoms with van der Waals surface area (Å²) >= 11 is 0. The van der Waals surface area contributed by atoms with E-state index in [1.54, 1.807) is 0 Å². The first kappa shape index (κ1) is 17.5. The summed E-state index contributed by atoms with van der Waals surface area (Å²) in [5.74, 6) is -3.31. The number of alkyl halides is 3. The van der Waals surface area contributed by atoms with Crippen LogP contribution in [-0.2, 0) is 6.18 Å². The van der Waals surface area contributed by atoms with Crippen molar-refractivity contribution in [2.45, 2.75) is 6.18 Å². The zero-order chi connectivity index (χ0) is 18.9. The predicted molar refractivity (Wildman–Crippen MR) is 80.7 cm³/mol. The van der Waals surface area contributed by atoms with Gasteiger partial charge >= 0.3 is 6.18 Å². The SMILES string of the molecule is O=C(Nc1cc(C(F)(F)F)ccc1-n1cncn1)c1ccc(F)c(F)c1. The maximum absolute atomic E-state index is 13.3. The van der Waals surface area contributed by atoms with Crippen molar-refractivity contribution < 1.29 is 26.7 Å². The summed E-state index contributed by atoms with van der Waals surface area (Å²) in [6, 6.07) is 5.05. The number of nitrogens with zero attached hydrogens (tertiary/aromatic N) is 3. The van der Waals surface area contributed by atoms with Crippen molar-refractivity contribution in [1.82, 2.24) is 14.8 Å². The number of aromatic nitrogens is 3. The second-order valence-corrected chi connectivity index (χ2v) is 5.15. The number of benzene rings is 2. The summed E-state index contributed by atoms with van der Waals surface area (Å²) in [5.41, 5.74) is -1.36. The Morgan fingerprint density at radius 3 is 2.42 bits per heavy atom. The third-order valence-corrected chi connectivity index (χ3v) is 3.42. The molecule has 0 saturated carbocycles. The van der Waals surface area contributed by atoms with Gasteiger partial charge in [0.1, 0.15) is 12.7 Å². The number of anilines is 1. The second-order valence-electron chi connectivity index (χ2n) is 5.15. The van der Waals surface area contributed by atoms with Gasteiger partial charge in [0.2, 0.25) is 0 Å². The molecule has 10 heteroatoms. The van der Waals surface area contributed by atoms with E-state index in [-0.39, 0.29) is 16.9 Å². The molecule has 0 aliphatic carbocycles. The van der Waals surface area contributed by atoms with E-state index in [1.807, 2.05) is 0 Å². The van der Waals surface area contributed by atoms with Crippen molar-refractivity contribution in [3.63, 3.8) is 0 Å². The van der Waals surface area contributed by atoms with Gasteiger partial charge in [-0.25, -0.2) is 18.4 Å². The number of carbonyl (C=O) groups excluding carboxylic acids is 1. The fourth-order valence-electron chi connectivity index (χ4n) is 2.18. The highest BCUT2D eigenvalue weighted by molar-refractivity contribution is 6.05. The van der Waals surface area contributed by atoms with Gasteiger partial charge in [0.25, 0.3) is 5.91 Å². The van der Waals surface area contributed by atoms with Crippen LogP contribution >= 0.6 is 0 Å². The molecule has 0 atom stereocenters. The van der Waals surface area contributed by atoms with E-state index < -0.39 is 29.3 Å². The Hall–Kier alpha value is -3.30. The Balaban J connectivity index is 2.01. The molecule has 1 N–H and O–H groups in total. The second kappa shape index (κ2) is 6.54. The van der Waals surface area contributed by atoms with Crippen molar-refractivity contribution >= 4 is 11.6 Å². The van der Waals surface area contributed by atoms with Crippen LogP contribution in [0.3, 0.4) is 0 Å². The molecule has 0 saturated heterocycles. The number of hydrogen-bond donors (Lipinski definition) is 1. The fourth-order valence-corrected chi connectivity index (χ4v) is 2.18. The van der Waals surface area contributed by atoms with Gasteiger partial charge in [0, 0.05) is 5.56 Å². The quantitative estimate of drug-likeness (QED) is 0.715. The molecule has 2 aromatic carbocycles. The summed E-state index contributed by atoms with van der Waals surface area (Å²) in [6.45, 7) is 0. The molecule has 3 rings (SSSR count). The lowest BCUT2D eigenvalue weighted by atomic mass is 10.1. The monoisotopic (exact) mass is 368 g/mol. The van der Waals surface area contributed by atoms with Crippen LogP contribution in [0.25, 0.3) is 5.69 Å². The topological polar surface area (TPSA) is 59.8 Å². The molecule has 26 heavy (non-hydrogen) atoms. The minimum absolute atomic E-state index is 0.117. The van der Waals surface area contributed by atoms with Crippen LogP contribution in [0.5, 0.6) is 0 Å². The van der Waals surface area contributed by atoms with Crippen molar-refractivity contribution in [2.75, 3.05) is 5.32 Å². The van der Waals surface area contributed by atoms with E-state index >= 15 is 0 Å². The van der Waals surface area contributed by atoms with Gasteiger partial charge in [0.15, 0.2) is 11.6 Å². The molecule has 0 spiro atoms. The number of carbonyl (C=O) groups is 1. The first-order valence-corrected chi connectivity index (χ1v) is 7.08. The van der Waals surface area contributed by atoms with Crippen LogP contribution in [-0.4, -0.2) is 20.7 Å². The standard InChI is InChI=1S/C16H9F5N4O/c17-11-3-1-9(5-12(11)18)15(26)24-13-6-10(16(19,20)21)2-4-14(13)25-8-22-7-23-25/h1-8H,(H,24,26). The van der Waals surface area contributed by atoms with E-state index in [0.717, 1.165) is 35.0 Å². The van der Waals surface area contributed by atoms with E-state index in [2.05, 4.69) is 15.4 Å². The van der Waals surface area contributed by atoms with E-state index in [1.165, 1.54) is 12.7 Å². The van der Waals surface area contributed by atoms with E-state index in [9.17, 15) is 26.7 Å². The minimum atomic E-state index is -4.64. The molecule has 0 fully saturated rings. The molecular weight excluding hydrogens is 359 g/mol. The van der Waals surface area contributed by atoms with Gasteiger partial charge in [-0.3, -0.25) is 4.79 Å². The summed E-state index contributed by atoms with van der Waals surface area (Å²) < 4.78 is 66.3. The number of nitrogens with one attached hydrogen (secondary N) is 1. The Morgan fingerprint density at radius 2 is 1.81 bits per heavy atom. The molecule has 0 radical (unpaired) electrons. The maximum atomic E-state index is 13.3. The average Bonchev–Trinajstić information content (AvgIpc) is 3.10. The lowest BCUT2D eigenvalue weighted by Crippen LogP contribution is -2.16. The Labute approximate surface area is 143 Å². The van der Waals surface area contributed by atoms with Crippen LogP contribution < -0.4 is 5.32 Å². The van der Waals surface area contributed by atoms with Gasteiger partial charge in [0.05, 0.1) is 16.9 Å². The maximum Gasteiger partial charge on any atom is 0.416 e. The Kier molecular flexibility index (Phi) is 4.41. The molecule has 0 aliphatic rings. The van der Waals surface area contributed by atoms with Crippen molar-refractivity contribution in [3.8, 4) is 5.69 Å². The fraction of sp³-hybridized carbons (Fsp3) is 0.0625. The van der Waals surface area contributed by atoms with E-state index in [0.29, 0.717) is 6.07 Å². The normalized spacial score (nSPS) is 11.4. The number of amides is 1. The van der Waals surface area contributed by atoms with Crippen LogP contribution in [0.15, 0.2) is 49.1 Å². The summed E-state index contributed by atoms with van der Waals surface area (Å²) in [5, 5.41) is 6.07. The molecule has 1 aromatic heterocycles. The van der Waals surface area contributed by atoms with Crippen LogP contribution in [0.1, 0.15) is 15.9 Å². The summed E-state index contributed by atoms with van der Waals surface area (Å²) in [6.07, 6.45) is -2.24. The average molecular weight is 368 g/mol. The van der Waals surface area contributed by atoms with Gasteiger partial charge < -0.3 is 5.32 Å². The lowest BCUT2D eigenvalue weighted by molar-refractivity contribution is -0.137. The van der Waals surface area contributed by atoms with Gasteiger partial charge in [-0.1, -0.05) is 0 Å². The Morgan fingerprint density at radius 1 is 1.04 bits per heavy atom. The van der Waals surface area contributed by atoms with Gasteiger partial charge in [-0.2, -0.15) is 18.3 Å². The minimum Gasteiger partial charge on any atom is -0.320 e. The molecule has 5 nitrogen and oxygen atoms in total.